The van der Waals surface area contributed by atoms with Gasteiger partial charge in [0, 0.05) is 24.7 Å². The predicted molar refractivity (Wildman–Crippen MR) is 102 cm³/mol. The lowest BCUT2D eigenvalue weighted by Gasteiger charge is -2.36. The SMILES string of the molecule is CC(C)Oc1cccc(C=O)c1N1CCC[C@@H](NC(=O)OC(C)(C)C)C1. The summed E-state index contributed by atoms with van der Waals surface area (Å²) in [7, 11) is 0. The fraction of sp³-hybridized carbons (Fsp3) is 0.600. The van der Waals surface area contributed by atoms with Gasteiger partial charge in [-0.2, -0.15) is 0 Å². The van der Waals surface area contributed by atoms with E-state index in [1.54, 1.807) is 6.07 Å². The van der Waals surface area contributed by atoms with Crippen molar-refractivity contribution < 1.29 is 19.1 Å². The maximum absolute atomic E-state index is 12.1. The van der Waals surface area contributed by atoms with Crippen LogP contribution >= 0.6 is 0 Å². The Morgan fingerprint density at radius 3 is 2.69 bits per heavy atom. The smallest absolute Gasteiger partial charge is 0.407 e. The average molecular weight is 362 g/mol. The van der Waals surface area contributed by atoms with Crippen LogP contribution in [0.15, 0.2) is 18.2 Å². The number of hydrogen-bond donors (Lipinski definition) is 1. The summed E-state index contributed by atoms with van der Waals surface area (Å²) in [6.07, 6.45) is 2.24. The summed E-state index contributed by atoms with van der Waals surface area (Å²) in [5, 5.41) is 2.94. The number of amides is 1. The van der Waals surface area contributed by atoms with Gasteiger partial charge in [-0.1, -0.05) is 6.07 Å². The summed E-state index contributed by atoms with van der Waals surface area (Å²) in [4.78, 5) is 25.7. The molecule has 6 heteroatoms. The molecule has 0 spiro atoms. The molecule has 2 rings (SSSR count). The Hall–Kier alpha value is -2.24. The van der Waals surface area contributed by atoms with E-state index in [1.807, 2.05) is 46.8 Å². The molecule has 1 heterocycles. The molecule has 1 aliphatic heterocycles. The highest BCUT2D eigenvalue weighted by Crippen LogP contribution is 2.34. The first-order valence-electron chi connectivity index (χ1n) is 9.19. The largest absolute Gasteiger partial charge is 0.489 e. The first-order valence-corrected chi connectivity index (χ1v) is 9.19. The Balaban J connectivity index is 2.16. The number of nitrogens with one attached hydrogen (secondary N) is 1. The molecule has 1 N–H and O–H groups in total. The number of rotatable bonds is 5. The zero-order valence-electron chi connectivity index (χ0n) is 16.4. The highest BCUT2D eigenvalue weighted by molar-refractivity contribution is 5.87. The van der Waals surface area contributed by atoms with Gasteiger partial charge in [-0.25, -0.2) is 4.79 Å². The van der Waals surface area contributed by atoms with Crippen LogP contribution in [0.5, 0.6) is 5.75 Å². The molecule has 0 aromatic heterocycles. The fourth-order valence-corrected chi connectivity index (χ4v) is 3.09. The number of hydrogen-bond acceptors (Lipinski definition) is 5. The molecule has 0 saturated carbocycles. The number of carbonyl (C=O) groups is 2. The lowest BCUT2D eigenvalue weighted by atomic mass is 10.0. The lowest BCUT2D eigenvalue weighted by molar-refractivity contribution is 0.0499. The van der Waals surface area contributed by atoms with Crippen molar-refractivity contribution in [2.75, 3.05) is 18.0 Å². The van der Waals surface area contributed by atoms with E-state index >= 15 is 0 Å². The first-order chi connectivity index (χ1) is 12.2. The zero-order chi connectivity index (χ0) is 19.3. The molecule has 1 atom stereocenters. The Morgan fingerprint density at radius 1 is 1.35 bits per heavy atom. The third-order valence-corrected chi connectivity index (χ3v) is 3.98. The van der Waals surface area contributed by atoms with Gasteiger partial charge >= 0.3 is 6.09 Å². The highest BCUT2D eigenvalue weighted by atomic mass is 16.6. The van der Waals surface area contributed by atoms with Crippen LogP contribution in [0.3, 0.4) is 0 Å². The van der Waals surface area contributed by atoms with Gasteiger partial charge in [-0.05, 0) is 59.6 Å². The summed E-state index contributed by atoms with van der Waals surface area (Å²) in [5.41, 5.74) is 0.869. The minimum atomic E-state index is -0.527. The Labute approximate surface area is 155 Å². The van der Waals surface area contributed by atoms with Crippen molar-refractivity contribution in [3.63, 3.8) is 0 Å². The molecule has 144 valence electrons. The van der Waals surface area contributed by atoms with Crippen molar-refractivity contribution in [2.45, 2.75) is 65.2 Å². The third-order valence-electron chi connectivity index (χ3n) is 3.98. The van der Waals surface area contributed by atoms with Crippen molar-refractivity contribution >= 4 is 18.1 Å². The number of anilines is 1. The van der Waals surface area contributed by atoms with Crippen LogP contribution in [0.1, 0.15) is 57.8 Å². The van der Waals surface area contributed by atoms with E-state index in [-0.39, 0.29) is 12.1 Å². The van der Waals surface area contributed by atoms with Gasteiger partial charge in [-0.3, -0.25) is 4.79 Å². The van der Waals surface area contributed by atoms with E-state index in [2.05, 4.69) is 10.2 Å². The molecule has 1 aliphatic rings. The molecular weight excluding hydrogens is 332 g/mol. The van der Waals surface area contributed by atoms with E-state index in [4.69, 9.17) is 9.47 Å². The first kappa shape index (κ1) is 20.1. The van der Waals surface area contributed by atoms with Gasteiger partial charge in [-0.15, -0.1) is 0 Å². The molecule has 0 radical (unpaired) electrons. The molecule has 1 saturated heterocycles. The quantitative estimate of drug-likeness (QED) is 0.808. The summed E-state index contributed by atoms with van der Waals surface area (Å²) in [6, 6.07) is 5.46. The number of ether oxygens (including phenoxy) is 2. The van der Waals surface area contributed by atoms with Gasteiger partial charge in [0.25, 0.3) is 0 Å². The molecule has 1 aromatic rings. The standard InChI is InChI=1S/C20H30N2O4/c1-14(2)25-17-10-6-8-15(13-23)18(17)22-11-7-9-16(12-22)21-19(24)26-20(3,4)5/h6,8,10,13-14,16H,7,9,11-12H2,1-5H3,(H,21,24)/t16-/m1/s1. The molecule has 26 heavy (non-hydrogen) atoms. The highest BCUT2D eigenvalue weighted by Gasteiger charge is 2.27. The number of piperidine rings is 1. The Morgan fingerprint density at radius 2 is 2.08 bits per heavy atom. The Bertz CT molecular complexity index is 637. The number of para-hydroxylation sites is 1. The molecule has 1 amide bonds. The maximum Gasteiger partial charge on any atom is 0.407 e. The zero-order valence-corrected chi connectivity index (χ0v) is 16.4. The molecule has 0 aliphatic carbocycles. The summed E-state index contributed by atoms with van der Waals surface area (Å²) < 4.78 is 11.3. The minimum Gasteiger partial charge on any atom is -0.489 e. The van der Waals surface area contributed by atoms with E-state index in [1.165, 1.54) is 0 Å². The van der Waals surface area contributed by atoms with Crippen LogP contribution in [0.25, 0.3) is 0 Å². The molecule has 6 nitrogen and oxygen atoms in total. The van der Waals surface area contributed by atoms with Crippen LogP contribution in [-0.4, -0.2) is 43.2 Å². The second-order valence-electron chi connectivity index (χ2n) is 7.91. The van der Waals surface area contributed by atoms with Gasteiger partial charge in [0.1, 0.15) is 11.4 Å². The number of aldehydes is 1. The topological polar surface area (TPSA) is 67.9 Å². The molecular formula is C20H30N2O4. The normalized spacial score (nSPS) is 17.8. The van der Waals surface area contributed by atoms with Crippen LogP contribution in [0.4, 0.5) is 10.5 Å². The predicted octanol–water partition coefficient (Wildman–Crippen LogP) is 3.78. The van der Waals surface area contributed by atoms with Crippen molar-refractivity contribution in [2.24, 2.45) is 0 Å². The van der Waals surface area contributed by atoms with Gasteiger partial charge in [0.15, 0.2) is 6.29 Å². The lowest BCUT2D eigenvalue weighted by Crippen LogP contribution is -2.49. The fourth-order valence-electron chi connectivity index (χ4n) is 3.09. The summed E-state index contributed by atoms with van der Waals surface area (Å²) >= 11 is 0. The summed E-state index contributed by atoms with van der Waals surface area (Å²) in [6.45, 7) is 10.9. The summed E-state index contributed by atoms with van der Waals surface area (Å²) in [5.74, 6) is 0.697. The number of alkyl carbamates (subject to hydrolysis) is 1. The maximum atomic E-state index is 12.1. The van der Waals surface area contributed by atoms with Gasteiger partial charge in [0.05, 0.1) is 11.8 Å². The minimum absolute atomic E-state index is 0.0103. The van der Waals surface area contributed by atoms with Crippen molar-refractivity contribution in [3.05, 3.63) is 23.8 Å². The number of carbonyl (C=O) groups excluding carboxylic acids is 2. The second-order valence-corrected chi connectivity index (χ2v) is 7.91. The van der Waals surface area contributed by atoms with E-state index in [0.717, 1.165) is 31.4 Å². The molecule has 0 bridgehead atoms. The third kappa shape index (κ3) is 5.64. The van der Waals surface area contributed by atoms with E-state index in [9.17, 15) is 9.59 Å². The molecule has 0 unspecified atom stereocenters. The van der Waals surface area contributed by atoms with Crippen LogP contribution < -0.4 is 15.0 Å². The van der Waals surface area contributed by atoms with E-state index in [0.29, 0.717) is 17.9 Å². The number of nitrogens with zero attached hydrogens (tertiary/aromatic N) is 1. The Kier molecular flexibility index (Phi) is 6.51. The van der Waals surface area contributed by atoms with Crippen molar-refractivity contribution in [3.8, 4) is 5.75 Å². The van der Waals surface area contributed by atoms with Gasteiger partial charge in [0.2, 0.25) is 0 Å². The number of benzene rings is 1. The van der Waals surface area contributed by atoms with Crippen LogP contribution in [0, 0.1) is 0 Å². The van der Waals surface area contributed by atoms with Gasteiger partial charge < -0.3 is 19.7 Å². The average Bonchev–Trinajstić information content (AvgIpc) is 2.52. The van der Waals surface area contributed by atoms with Crippen molar-refractivity contribution in [1.29, 1.82) is 0 Å². The monoisotopic (exact) mass is 362 g/mol. The molecule has 1 aromatic carbocycles. The van der Waals surface area contributed by atoms with Crippen molar-refractivity contribution in [1.82, 2.24) is 5.32 Å². The van der Waals surface area contributed by atoms with E-state index < -0.39 is 11.7 Å². The molecule has 1 fully saturated rings. The second kappa shape index (κ2) is 8.43. The van der Waals surface area contributed by atoms with Crippen LogP contribution in [0.2, 0.25) is 0 Å². The van der Waals surface area contributed by atoms with Crippen LogP contribution in [-0.2, 0) is 4.74 Å².